The van der Waals surface area contributed by atoms with Gasteiger partial charge in [-0.2, -0.15) is 5.10 Å². The summed E-state index contributed by atoms with van der Waals surface area (Å²) in [7, 11) is 0. The third-order valence-corrected chi connectivity index (χ3v) is 4.03. The van der Waals surface area contributed by atoms with Crippen LogP contribution in [0.1, 0.15) is 16.8 Å². The largest absolute Gasteiger partial charge is 0.489 e. The molecule has 3 rings (SSSR count). The number of rotatable bonds is 6. The summed E-state index contributed by atoms with van der Waals surface area (Å²) < 4.78 is 7.65. The first kappa shape index (κ1) is 17.8. The van der Waals surface area contributed by atoms with Gasteiger partial charge in [0.1, 0.15) is 12.4 Å². The second kappa shape index (κ2) is 7.93. The van der Waals surface area contributed by atoms with Gasteiger partial charge in [0, 0.05) is 22.3 Å². The summed E-state index contributed by atoms with van der Waals surface area (Å²) in [4.78, 5) is 10.8. The maximum absolute atomic E-state index is 10.8. The van der Waals surface area contributed by atoms with Gasteiger partial charge in [-0.1, -0.05) is 41.9 Å². The quantitative estimate of drug-likeness (QED) is 0.665. The van der Waals surface area contributed by atoms with E-state index in [9.17, 15) is 4.79 Å². The predicted molar refractivity (Wildman–Crippen MR) is 99.9 cm³/mol. The number of aryl methyl sites for hydroxylation is 1. The monoisotopic (exact) mass is 371 g/mol. The molecule has 3 aromatic rings. The van der Waals surface area contributed by atoms with Crippen LogP contribution in [0.3, 0.4) is 0 Å². The highest BCUT2D eigenvalue weighted by Gasteiger charge is 2.11. The summed E-state index contributed by atoms with van der Waals surface area (Å²) in [6.45, 7) is 2.71. The lowest BCUT2D eigenvalue weighted by molar-refractivity contribution is 0.209. The van der Waals surface area contributed by atoms with Crippen LogP contribution in [0.2, 0.25) is 5.02 Å². The Labute approximate surface area is 156 Å². The van der Waals surface area contributed by atoms with Gasteiger partial charge in [0.05, 0.1) is 6.54 Å². The van der Waals surface area contributed by atoms with Crippen molar-refractivity contribution in [3.05, 3.63) is 76.4 Å². The number of aromatic nitrogens is 2. The van der Waals surface area contributed by atoms with Gasteiger partial charge in [-0.15, -0.1) is 0 Å². The minimum atomic E-state index is -1.15. The van der Waals surface area contributed by atoms with E-state index in [4.69, 9.17) is 21.4 Å². The minimum absolute atomic E-state index is 0.281. The van der Waals surface area contributed by atoms with Gasteiger partial charge in [0.2, 0.25) is 0 Å². The van der Waals surface area contributed by atoms with Gasteiger partial charge in [0.15, 0.2) is 5.82 Å². The summed E-state index contributed by atoms with van der Waals surface area (Å²) in [5.74, 6) is 0.990. The van der Waals surface area contributed by atoms with E-state index in [1.165, 1.54) is 0 Å². The van der Waals surface area contributed by atoms with Crippen LogP contribution in [0.25, 0.3) is 0 Å². The molecule has 6 nitrogen and oxygen atoms in total. The summed E-state index contributed by atoms with van der Waals surface area (Å²) in [6, 6.07) is 17.0. The van der Waals surface area contributed by atoms with Crippen LogP contribution >= 0.6 is 11.6 Å². The zero-order chi connectivity index (χ0) is 18.5. The molecule has 1 aromatic heterocycles. The van der Waals surface area contributed by atoms with Crippen LogP contribution in [0, 0.1) is 6.92 Å². The molecule has 7 heteroatoms. The van der Waals surface area contributed by atoms with E-state index < -0.39 is 6.09 Å². The fraction of sp³-hybridized carbons (Fsp3) is 0.158. The molecule has 0 saturated carbocycles. The lowest BCUT2D eigenvalue weighted by Crippen LogP contribution is -2.10. The Bertz CT molecular complexity index is 910. The molecule has 0 bridgehead atoms. The Balaban J connectivity index is 1.80. The molecule has 2 N–H and O–H groups in total. The average molecular weight is 372 g/mol. The number of halogens is 1. The Morgan fingerprint density at radius 3 is 2.73 bits per heavy atom. The van der Waals surface area contributed by atoms with Crippen molar-refractivity contribution in [1.82, 2.24) is 9.78 Å². The number of carbonyl (C=O) groups is 1. The second-order valence-corrected chi connectivity index (χ2v) is 6.22. The van der Waals surface area contributed by atoms with Gasteiger partial charge in [-0.25, -0.2) is 4.79 Å². The second-order valence-electron chi connectivity index (χ2n) is 5.79. The highest BCUT2D eigenvalue weighted by Crippen LogP contribution is 2.25. The van der Waals surface area contributed by atoms with Crippen molar-refractivity contribution in [1.29, 1.82) is 0 Å². The number of hydrogen-bond donors (Lipinski definition) is 2. The summed E-state index contributed by atoms with van der Waals surface area (Å²) >= 11 is 6.14. The van der Waals surface area contributed by atoms with Crippen LogP contribution in [-0.4, -0.2) is 21.0 Å². The molecule has 2 aromatic carbocycles. The molecule has 0 radical (unpaired) electrons. The fourth-order valence-corrected chi connectivity index (χ4v) is 2.74. The normalized spacial score (nSPS) is 10.5. The van der Waals surface area contributed by atoms with Crippen LogP contribution < -0.4 is 10.1 Å². The molecule has 1 amide bonds. The van der Waals surface area contributed by atoms with Crippen molar-refractivity contribution in [2.75, 3.05) is 5.32 Å². The number of benzene rings is 2. The van der Waals surface area contributed by atoms with E-state index in [1.54, 1.807) is 16.8 Å². The number of hydrogen-bond acceptors (Lipinski definition) is 3. The van der Waals surface area contributed by atoms with Crippen molar-refractivity contribution in [3.63, 3.8) is 0 Å². The number of nitrogens with one attached hydrogen (secondary N) is 1. The fourth-order valence-electron chi connectivity index (χ4n) is 2.55. The Morgan fingerprint density at radius 2 is 2.00 bits per heavy atom. The first-order valence-corrected chi connectivity index (χ1v) is 8.38. The summed E-state index contributed by atoms with van der Waals surface area (Å²) in [5.41, 5.74) is 2.75. The molecule has 0 saturated heterocycles. The molecule has 1 heterocycles. The zero-order valence-electron chi connectivity index (χ0n) is 14.1. The minimum Gasteiger partial charge on any atom is -0.489 e. The molecular weight excluding hydrogens is 354 g/mol. The molecular formula is C19H18ClN3O3. The van der Waals surface area contributed by atoms with Crippen molar-refractivity contribution in [3.8, 4) is 5.75 Å². The van der Waals surface area contributed by atoms with Gasteiger partial charge >= 0.3 is 6.09 Å². The average Bonchev–Trinajstić information content (AvgIpc) is 2.93. The smallest absolute Gasteiger partial charge is 0.410 e. The highest BCUT2D eigenvalue weighted by atomic mass is 35.5. The van der Waals surface area contributed by atoms with Crippen molar-refractivity contribution >= 4 is 23.5 Å². The van der Waals surface area contributed by atoms with Crippen LogP contribution in [0.4, 0.5) is 10.6 Å². The van der Waals surface area contributed by atoms with E-state index in [1.807, 2.05) is 49.4 Å². The van der Waals surface area contributed by atoms with E-state index in [-0.39, 0.29) is 5.82 Å². The third-order valence-electron chi connectivity index (χ3n) is 3.80. The van der Waals surface area contributed by atoms with Crippen LogP contribution in [0.5, 0.6) is 5.75 Å². The van der Waals surface area contributed by atoms with Gasteiger partial charge in [-0.05, 0) is 30.7 Å². The highest BCUT2D eigenvalue weighted by molar-refractivity contribution is 6.30. The number of nitrogens with zero attached hydrogens (tertiary/aromatic N) is 2. The summed E-state index contributed by atoms with van der Waals surface area (Å²) in [5, 5.41) is 15.9. The van der Waals surface area contributed by atoms with Gasteiger partial charge in [0.25, 0.3) is 0 Å². The van der Waals surface area contributed by atoms with Crippen molar-refractivity contribution < 1.29 is 14.6 Å². The van der Waals surface area contributed by atoms with E-state index in [2.05, 4.69) is 10.4 Å². The van der Waals surface area contributed by atoms with E-state index in [0.29, 0.717) is 23.9 Å². The molecule has 134 valence electrons. The number of ether oxygens (including phenoxy) is 1. The predicted octanol–water partition coefficient (Wildman–Crippen LogP) is 4.56. The lowest BCUT2D eigenvalue weighted by atomic mass is 10.2. The van der Waals surface area contributed by atoms with E-state index >= 15 is 0 Å². The zero-order valence-corrected chi connectivity index (χ0v) is 14.9. The molecule has 0 aliphatic rings. The topological polar surface area (TPSA) is 76.4 Å². The van der Waals surface area contributed by atoms with E-state index in [0.717, 1.165) is 16.8 Å². The Hall–Kier alpha value is -2.99. The van der Waals surface area contributed by atoms with Crippen molar-refractivity contribution in [2.24, 2.45) is 0 Å². The first-order valence-electron chi connectivity index (χ1n) is 8.01. The van der Waals surface area contributed by atoms with Gasteiger partial charge < -0.3 is 9.84 Å². The molecule has 0 aliphatic carbocycles. The van der Waals surface area contributed by atoms with Gasteiger partial charge in [-0.3, -0.25) is 10.00 Å². The maximum atomic E-state index is 10.8. The van der Waals surface area contributed by atoms with Crippen LogP contribution in [0.15, 0.2) is 54.6 Å². The molecule has 0 aliphatic heterocycles. The Morgan fingerprint density at radius 1 is 1.23 bits per heavy atom. The first-order chi connectivity index (χ1) is 12.5. The van der Waals surface area contributed by atoms with Crippen LogP contribution in [-0.2, 0) is 13.2 Å². The number of anilines is 1. The molecule has 0 spiro atoms. The summed E-state index contributed by atoms with van der Waals surface area (Å²) in [6.07, 6.45) is -1.15. The molecule has 0 unspecified atom stereocenters. The maximum Gasteiger partial charge on any atom is 0.410 e. The standard InChI is InChI=1S/C19H18ClN3O3/c1-13-9-18(21-19(24)25)22-23(13)11-15-10-16(20)7-8-17(15)26-12-14-5-3-2-4-6-14/h2-10H,11-12H2,1H3,(H,21,22)(H,24,25). The number of carboxylic acid groups (broad SMARTS) is 1. The SMILES string of the molecule is Cc1cc(NC(=O)O)nn1Cc1cc(Cl)ccc1OCc1ccccc1. The molecule has 0 fully saturated rings. The third kappa shape index (κ3) is 4.55. The number of amides is 1. The lowest BCUT2D eigenvalue weighted by Gasteiger charge is -2.13. The van der Waals surface area contributed by atoms with Crippen molar-refractivity contribution in [2.45, 2.75) is 20.1 Å². The Kier molecular flexibility index (Phi) is 5.43. The molecule has 26 heavy (non-hydrogen) atoms. The molecule has 0 atom stereocenters.